The second-order valence-electron chi connectivity index (χ2n) is 5.56. The predicted octanol–water partition coefficient (Wildman–Crippen LogP) is 3.88. The van der Waals surface area contributed by atoms with Crippen LogP contribution in [0.5, 0.6) is 0 Å². The van der Waals surface area contributed by atoms with Crippen molar-refractivity contribution in [3.8, 4) is 0 Å². The van der Waals surface area contributed by atoms with E-state index < -0.39 is 12.8 Å². The van der Waals surface area contributed by atoms with Crippen LogP contribution in [-0.2, 0) is 17.6 Å². The molecule has 0 saturated carbocycles. The Morgan fingerprint density at radius 1 is 1.25 bits per heavy atom. The minimum atomic E-state index is -4.28. The fourth-order valence-electron chi connectivity index (χ4n) is 2.63. The van der Waals surface area contributed by atoms with E-state index in [1.807, 2.05) is 12.1 Å². The average Bonchev–Trinajstić information content (AvgIpc) is 2.50. The number of nitrogens with one attached hydrogen (secondary N) is 1. The number of rotatable bonds is 6. The Labute approximate surface area is 157 Å². The van der Waals surface area contributed by atoms with Crippen molar-refractivity contribution in [1.82, 2.24) is 0 Å². The van der Waals surface area contributed by atoms with Crippen molar-refractivity contribution in [1.29, 1.82) is 0 Å². The van der Waals surface area contributed by atoms with Gasteiger partial charge in [0.05, 0.1) is 0 Å². The third kappa shape index (κ3) is 7.25. The fraction of sp³-hybridized carbons (Fsp3) is 0.562. The van der Waals surface area contributed by atoms with E-state index >= 15 is 0 Å². The third-order valence-corrected chi connectivity index (χ3v) is 3.65. The molecule has 0 unspecified atom stereocenters. The summed E-state index contributed by atoms with van der Waals surface area (Å²) in [4.78, 5) is 4.12. The van der Waals surface area contributed by atoms with Gasteiger partial charge >= 0.3 is 6.18 Å². The summed E-state index contributed by atoms with van der Waals surface area (Å²) < 4.78 is 40.2. The maximum atomic E-state index is 11.9. The van der Waals surface area contributed by atoms with Crippen LogP contribution in [0.25, 0.3) is 0 Å². The molecule has 2 rings (SSSR count). The lowest BCUT2D eigenvalue weighted by molar-refractivity contribution is -0.173. The SMILES string of the molecule is I.NC(=NCCCOCC(F)(F)F)Nc1cccc2c1CCCC2. The van der Waals surface area contributed by atoms with E-state index in [0.29, 0.717) is 13.0 Å². The van der Waals surface area contributed by atoms with E-state index in [2.05, 4.69) is 21.1 Å². The van der Waals surface area contributed by atoms with Gasteiger partial charge in [0.15, 0.2) is 5.96 Å². The monoisotopic (exact) mass is 457 g/mol. The Kier molecular flexibility index (Phi) is 8.82. The van der Waals surface area contributed by atoms with E-state index in [1.165, 1.54) is 24.0 Å². The van der Waals surface area contributed by atoms with Gasteiger partial charge in [0.2, 0.25) is 0 Å². The van der Waals surface area contributed by atoms with Crippen molar-refractivity contribution < 1.29 is 17.9 Å². The molecule has 8 heteroatoms. The molecule has 3 N–H and O–H groups in total. The van der Waals surface area contributed by atoms with Gasteiger partial charge in [-0.25, -0.2) is 0 Å². The van der Waals surface area contributed by atoms with Gasteiger partial charge in [-0.05, 0) is 49.3 Å². The number of aryl methyl sites for hydroxylation is 1. The molecule has 1 aromatic rings. The Hall–Kier alpha value is -1.03. The number of hydrogen-bond donors (Lipinski definition) is 2. The zero-order valence-corrected chi connectivity index (χ0v) is 15.7. The minimum Gasteiger partial charge on any atom is -0.372 e. The summed E-state index contributed by atoms with van der Waals surface area (Å²) in [6.07, 6.45) is 0.592. The van der Waals surface area contributed by atoms with Crippen LogP contribution < -0.4 is 11.1 Å². The van der Waals surface area contributed by atoms with Gasteiger partial charge in [0, 0.05) is 18.8 Å². The molecular weight excluding hydrogens is 434 g/mol. The number of halogens is 4. The summed E-state index contributed by atoms with van der Waals surface area (Å²) in [5.74, 6) is 0.278. The van der Waals surface area contributed by atoms with Crippen molar-refractivity contribution in [2.45, 2.75) is 38.3 Å². The molecule has 1 aliphatic carbocycles. The number of alkyl halides is 3. The number of ether oxygens (including phenoxy) is 1. The summed E-state index contributed by atoms with van der Waals surface area (Å²) in [5.41, 5.74) is 9.44. The van der Waals surface area contributed by atoms with Crippen LogP contribution in [0.1, 0.15) is 30.4 Å². The zero-order valence-electron chi connectivity index (χ0n) is 13.4. The van der Waals surface area contributed by atoms with Crippen molar-refractivity contribution in [2.24, 2.45) is 10.7 Å². The largest absolute Gasteiger partial charge is 0.411 e. The molecular formula is C16H23F3IN3O. The molecule has 0 aliphatic heterocycles. The Morgan fingerprint density at radius 2 is 2.00 bits per heavy atom. The minimum absolute atomic E-state index is 0. The molecule has 136 valence electrons. The van der Waals surface area contributed by atoms with E-state index in [-0.39, 0.29) is 36.5 Å². The maximum absolute atomic E-state index is 11.9. The number of anilines is 1. The second-order valence-corrected chi connectivity index (χ2v) is 5.56. The van der Waals surface area contributed by atoms with Crippen LogP contribution in [0.2, 0.25) is 0 Å². The number of benzene rings is 1. The summed E-state index contributed by atoms with van der Waals surface area (Å²) in [6.45, 7) is -0.886. The Balaban J connectivity index is 0.00000288. The first kappa shape index (κ1) is 21.0. The average molecular weight is 457 g/mol. The summed E-state index contributed by atoms with van der Waals surface area (Å²) in [5, 5.41) is 3.09. The number of hydrogen-bond acceptors (Lipinski definition) is 2. The fourth-order valence-corrected chi connectivity index (χ4v) is 2.63. The predicted molar refractivity (Wildman–Crippen MR) is 100 cm³/mol. The quantitative estimate of drug-likeness (QED) is 0.295. The lowest BCUT2D eigenvalue weighted by Gasteiger charge is -2.19. The molecule has 0 spiro atoms. The van der Waals surface area contributed by atoms with Gasteiger partial charge in [-0.3, -0.25) is 4.99 Å². The molecule has 4 nitrogen and oxygen atoms in total. The number of nitrogens with zero attached hydrogens (tertiary/aromatic N) is 1. The molecule has 0 aromatic heterocycles. The third-order valence-electron chi connectivity index (χ3n) is 3.65. The highest BCUT2D eigenvalue weighted by Crippen LogP contribution is 2.27. The van der Waals surface area contributed by atoms with Crippen LogP contribution in [0.4, 0.5) is 18.9 Å². The molecule has 24 heavy (non-hydrogen) atoms. The number of fused-ring (bicyclic) bond motifs is 1. The molecule has 1 aromatic carbocycles. The molecule has 0 heterocycles. The Morgan fingerprint density at radius 3 is 2.75 bits per heavy atom. The summed E-state index contributed by atoms with van der Waals surface area (Å²) in [6, 6.07) is 6.09. The summed E-state index contributed by atoms with van der Waals surface area (Å²) >= 11 is 0. The van der Waals surface area contributed by atoms with Crippen molar-refractivity contribution in [3.05, 3.63) is 29.3 Å². The topological polar surface area (TPSA) is 59.6 Å². The first-order chi connectivity index (χ1) is 11.0. The highest BCUT2D eigenvalue weighted by Gasteiger charge is 2.27. The summed E-state index contributed by atoms with van der Waals surface area (Å²) in [7, 11) is 0. The molecule has 0 amide bonds. The molecule has 0 radical (unpaired) electrons. The second kappa shape index (κ2) is 10.1. The van der Waals surface area contributed by atoms with E-state index in [0.717, 1.165) is 18.5 Å². The lowest BCUT2D eigenvalue weighted by atomic mass is 9.90. The van der Waals surface area contributed by atoms with Crippen molar-refractivity contribution in [3.63, 3.8) is 0 Å². The van der Waals surface area contributed by atoms with Gasteiger partial charge < -0.3 is 15.8 Å². The molecule has 1 aliphatic rings. The molecule has 0 bridgehead atoms. The normalized spacial score (nSPS) is 14.7. The van der Waals surface area contributed by atoms with E-state index in [4.69, 9.17) is 5.73 Å². The number of aliphatic imine (C=N–C) groups is 1. The first-order valence-electron chi connectivity index (χ1n) is 7.78. The maximum Gasteiger partial charge on any atom is 0.411 e. The Bertz CT molecular complexity index is 550. The smallest absolute Gasteiger partial charge is 0.372 e. The van der Waals surface area contributed by atoms with Crippen LogP contribution in [0.15, 0.2) is 23.2 Å². The van der Waals surface area contributed by atoms with Crippen LogP contribution in [0, 0.1) is 0 Å². The van der Waals surface area contributed by atoms with Crippen LogP contribution in [0.3, 0.4) is 0 Å². The van der Waals surface area contributed by atoms with Gasteiger partial charge in [-0.15, -0.1) is 24.0 Å². The number of guanidine groups is 1. The lowest BCUT2D eigenvalue weighted by Crippen LogP contribution is -2.24. The zero-order chi connectivity index (χ0) is 16.7. The first-order valence-corrected chi connectivity index (χ1v) is 7.78. The van der Waals surface area contributed by atoms with E-state index in [9.17, 15) is 13.2 Å². The van der Waals surface area contributed by atoms with Gasteiger partial charge in [0.1, 0.15) is 6.61 Å². The highest BCUT2D eigenvalue weighted by atomic mass is 127. The standard InChI is InChI=1S/C16H22F3N3O.HI/c17-16(18,19)11-23-10-4-9-21-15(20)22-14-8-3-6-12-5-1-2-7-13(12)14;/h3,6,8H,1-2,4-5,7,9-11H2,(H3,20,21,22);1H. The molecule has 0 fully saturated rings. The van der Waals surface area contributed by atoms with Crippen molar-refractivity contribution in [2.75, 3.05) is 25.1 Å². The van der Waals surface area contributed by atoms with Crippen LogP contribution in [-0.4, -0.2) is 31.9 Å². The van der Waals surface area contributed by atoms with Crippen molar-refractivity contribution >= 4 is 35.6 Å². The highest BCUT2D eigenvalue weighted by molar-refractivity contribution is 14.0. The van der Waals surface area contributed by atoms with Gasteiger partial charge in [-0.2, -0.15) is 13.2 Å². The number of nitrogens with two attached hydrogens (primary N) is 1. The molecule has 0 atom stereocenters. The van der Waals surface area contributed by atoms with Gasteiger partial charge in [-0.1, -0.05) is 12.1 Å². The van der Waals surface area contributed by atoms with Crippen LogP contribution >= 0.6 is 24.0 Å². The van der Waals surface area contributed by atoms with Gasteiger partial charge in [0.25, 0.3) is 0 Å². The molecule has 0 saturated heterocycles. The van der Waals surface area contributed by atoms with E-state index in [1.54, 1.807) is 0 Å².